The van der Waals surface area contributed by atoms with Crippen molar-refractivity contribution in [3.8, 4) is 0 Å². The van der Waals surface area contributed by atoms with Crippen molar-refractivity contribution in [2.75, 3.05) is 19.6 Å². The van der Waals surface area contributed by atoms with Crippen molar-refractivity contribution in [2.24, 2.45) is 4.99 Å². The van der Waals surface area contributed by atoms with Gasteiger partial charge in [-0.05, 0) is 45.3 Å². The van der Waals surface area contributed by atoms with E-state index in [-0.39, 0.29) is 16.7 Å². The predicted molar refractivity (Wildman–Crippen MR) is 101 cm³/mol. The van der Waals surface area contributed by atoms with Gasteiger partial charge in [0, 0.05) is 30.8 Å². The molecule has 1 saturated heterocycles. The van der Waals surface area contributed by atoms with E-state index in [2.05, 4.69) is 41.3 Å². The van der Waals surface area contributed by atoms with Crippen molar-refractivity contribution in [1.29, 1.82) is 0 Å². The summed E-state index contributed by atoms with van der Waals surface area (Å²) >= 11 is 0. The molecule has 1 atom stereocenters. The maximum absolute atomic E-state index is 10.7. The van der Waals surface area contributed by atoms with Gasteiger partial charge in [-0.3, -0.25) is 15.0 Å². The minimum Gasteiger partial charge on any atom is -0.355 e. The van der Waals surface area contributed by atoms with Crippen LogP contribution < -0.4 is 10.6 Å². The van der Waals surface area contributed by atoms with Gasteiger partial charge in [0.1, 0.15) is 0 Å². The zero-order valence-corrected chi connectivity index (χ0v) is 15.4. The maximum atomic E-state index is 10.7. The van der Waals surface area contributed by atoms with Gasteiger partial charge in [0.25, 0.3) is 5.69 Å². The summed E-state index contributed by atoms with van der Waals surface area (Å²) in [6, 6.07) is 7.39. The van der Waals surface area contributed by atoms with Crippen LogP contribution >= 0.6 is 0 Å². The van der Waals surface area contributed by atoms with Crippen LogP contribution in [0.4, 0.5) is 5.69 Å². The van der Waals surface area contributed by atoms with Crippen LogP contribution in [0.1, 0.15) is 39.2 Å². The molecule has 138 valence electrons. The van der Waals surface area contributed by atoms with E-state index >= 15 is 0 Å². The first-order valence-electron chi connectivity index (χ1n) is 9.01. The van der Waals surface area contributed by atoms with E-state index in [0.717, 1.165) is 24.6 Å². The van der Waals surface area contributed by atoms with Crippen molar-refractivity contribution in [2.45, 2.75) is 52.2 Å². The SMILES string of the molecule is CCN1CCCC1CNC(=NCc1ccc([N+](=O)[O-])cc1)NC(C)C. The van der Waals surface area contributed by atoms with Gasteiger partial charge in [-0.15, -0.1) is 0 Å². The Morgan fingerprint density at radius 3 is 2.72 bits per heavy atom. The first-order valence-corrected chi connectivity index (χ1v) is 9.01. The van der Waals surface area contributed by atoms with Crippen LogP contribution in [0.2, 0.25) is 0 Å². The van der Waals surface area contributed by atoms with Crippen LogP contribution in [0.15, 0.2) is 29.3 Å². The maximum Gasteiger partial charge on any atom is 0.269 e. The molecule has 0 bridgehead atoms. The van der Waals surface area contributed by atoms with Gasteiger partial charge >= 0.3 is 0 Å². The molecular formula is C18H29N5O2. The van der Waals surface area contributed by atoms with E-state index in [1.807, 2.05) is 0 Å². The molecule has 0 aliphatic carbocycles. The second-order valence-corrected chi connectivity index (χ2v) is 6.69. The van der Waals surface area contributed by atoms with Crippen molar-refractivity contribution in [1.82, 2.24) is 15.5 Å². The number of aliphatic imine (C=N–C) groups is 1. The Bertz CT molecular complexity index is 586. The average Bonchev–Trinajstić information content (AvgIpc) is 3.04. The van der Waals surface area contributed by atoms with Gasteiger partial charge < -0.3 is 10.6 Å². The monoisotopic (exact) mass is 347 g/mol. The normalized spacial score (nSPS) is 18.6. The minimum atomic E-state index is -0.387. The number of non-ortho nitro benzene ring substituents is 1. The molecular weight excluding hydrogens is 318 g/mol. The van der Waals surface area contributed by atoms with Gasteiger partial charge in [0.15, 0.2) is 5.96 Å². The number of likely N-dealkylation sites (tertiary alicyclic amines) is 1. The fraction of sp³-hybridized carbons (Fsp3) is 0.611. The molecule has 1 aromatic carbocycles. The number of rotatable bonds is 7. The highest BCUT2D eigenvalue weighted by Gasteiger charge is 2.22. The van der Waals surface area contributed by atoms with E-state index in [9.17, 15) is 10.1 Å². The lowest BCUT2D eigenvalue weighted by Crippen LogP contribution is -2.46. The van der Waals surface area contributed by atoms with Crippen molar-refractivity contribution < 1.29 is 4.92 Å². The van der Waals surface area contributed by atoms with Crippen LogP contribution in [0.3, 0.4) is 0 Å². The lowest BCUT2D eigenvalue weighted by molar-refractivity contribution is -0.384. The van der Waals surface area contributed by atoms with Crippen molar-refractivity contribution >= 4 is 11.6 Å². The molecule has 25 heavy (non-hydrogen) atoms. The molecule has 0 aromatic heterocycles. The topological polar surface area (TPSA) is 82.8 Å². The number of nitro groups is 1. The average molecular weight is 347 g/mol. The minimum absolute atomic E-state index is 0.104. The smallest absolute Gasteiger partial charge is 0.269 e. The summed E-state index contributed by atoms with van der Waals surface area (Å²) in [7, 11) is 0. The molecule has 0 radical (unpaired) electrons. The summed E-state index contributed by atoms with van der Waals surface area (Å²) in [6.45, 7) is 9.99. The molecule has 7 heteroatoms. The molecule has 0 amide bonds. The zero-order chi connectivity index (χ0) is 18.2. The third-order valence-corrected chi connectivity index (χ3v) is 4.40. The molecule has 7 nitrogen and oxygen atoms in total. The van der Waals surface area contributed by atoms with Crippen LogP contribution in [-0.2, 0) is 6.54 Å². The fourth-order valence-electron chi connectivity index (χ4n) is 3.08. The number of hydrogen-bond acceptors (Lipinski definition) is 4. The number of likely N-dealkylation sites (N-methyl/N-ethyl adjacent to an activating group) is 1. The Hall–Kier alpha value is -2.15. The number of hydrogen-bond donors (Lipinski definition) is 2. The van der Waals surface area contributed by atoms with E-state index in [1.165, 1.54) is 31.5 Å². The van der Waals surface area contributed by atoms with Crippen LogP contribution in [-0.4, -0.2) is 47.5 Å². The third-order valence-electron chi connectivity index (χ3n) is 4.40. The molecule has 1 aliphatic heterocycles. The largest absolute Gasteiger partial charge is 0.355 e. The highest BCUT2D eigenvalue weighted by Crippen LogP contribution is 2.15. The Balaban J connectivity index is 1.95. The molecule has 0 saturated carbocycles. The van der Waals surface area contributed by atoms with E-state index in [1.54, 1.807) is 12.1 Å². The standard InChI is InChI=1S/C18H29N5O2/c1-4-22-11-5-6-17(22)13-20-18(21-14(2)3)19-12-15-7-9-16(10-8-15)23(24)25/h7-10,14,17H,4-6,11-13H2,1-3H3,(H2,19,20,21). The number of nitro benzene ring substituents is 1. The highest BCUT2D eigenvalue weighted by atomic mass is 16.6. The molecule has 1 aromatic rings. The summed E-state index contributed by atoms with van der Waals surface area (Å²) < 4.78 is 0. The second kappa shape index (κ2) is 9.36. The van der Waals surface area contributed by atoms with Crippen molar-refractivity contribution in [3.05, 3.63) is 39.9 Å². The van der Waals surface area contributed by atoms with Gasteiger partial charge in [-0.1, -0.05) is 19.1 Å². The second-order valence-electron chi connectivity index (χ2n) is 6.69. The molecule has 1 aliphatic rings. The Morgan fingerprint density at radius 1 is 1.40 bits per heavy atom. The summed E-state index contributed by atoms with van der Waals surface area (Å²) in [6.07, 6.45) is 2.48. The molecule has 1 heterocycles. The summed E-state index contributed by atoms with van der Waals surface area (Å²) in [5, 5.41) is 17.5. The van der Waals surface area contributed by atoms with E-state index in [0.29, 0.717) is 12.6 Å². The zero-order valence-electron chi connectivity index (χ0n) is 15.4. The van der Waals surface area contributed by atoms with Crippen molar-refractivity contribution in [3.63, 3.8) is 0 Å². The lowest BCUT2D eigenvalue weighted by atomic mass is 10.2. The Morgan fingerprint density at radius 2 is 2.12 bits per heavy atom. The summed E-state index contributed by atoms with van der Waals surface area (Å²) in [5.74, 6) is 0.788. The van der Waals surface area contributed by atoms with Gasteiger partial charge in [0.05, 0.1) is 11.5 Å². The summed E-state index contributed by atoms with van der Waals surface area (Å²) in [5.41, 5.74) is 1.05. The van der Waals surface area contributed by atoms with E-state index in [4.69, 9.17) is 0 Å². The highest BCUT2D eigenvalue weighted by molar-refractivity contribution is 5.80. The Kier molecular flexibility index (Phi) is 7.18. The van der Waals surface area contributed by atoms with Crippen LogP contribution in [0, 0.1) is 10.1 Å². The van der Waals surface area contributed by atoms with Gasteiger partial charge in [-0.2, -0.15) is 0 Å². The van der Waals surface area contributed by atoms with Gasteiger partial charge in [-0.25, -0.2) is 4.99 Å². The molecule has 0 spiro atoms. The quantitative estimate of drug-likeness (QED) is 0.343. The fourth-order valence-corrected chi connectivity index (χ4v) is 3.08. The number of benzene rings is 1. The number of nitrogens with one attached hydrogen (secondary N) is 2. The van der Waals surface area contributed by atoms with Crippen LogP contribution in [0.25, 0.3) is 0 Å². The first-order chi connectivity index (χ1) is 12.0. The molecule has 1 unspecified atom stereocenters. The molecule has 2 rings (SSSR count). The number of nitrogens with zero attached hydrogens (tertiary/aromatic N) is 3. The third kappa shape index (κ3) is 6.01. The predicted octanol–water partition coefficient (Wildman–Crippen LogP) is 2.52. The first kappa shape index (κ1) is 19.2. The molecule has 1 fully saturated rings. The van der Waals surface area contributed by atoms with Crippen LogP contribution in [0.5, 0.6) is 0 Å². The van der Waals surface area contributed by atoms with Gasteiger partial charge in [0.2, 0.25) is 0 Å². The summed E-state index contributed by atoms with van der Waals surface area (Å²) in [4.78, 5) is 17.5. The molecule has 2 N–H and O–H groups in total. The number of guanidine groups is 1. The lowest BCUT2D eigenvalue weighted by Gasteiger charge is -2.24. The Labute approximate surface area is 149 Å². The van der Waals surface area contributed by atoms with E-state index < -0.39 is 0 Å².